The number of aromatic amines is 1. The molecule has 8 heteroatoms. The predicted molar refractivity (Wildman–Crippen MR) is 104 cm³/mol. The number of nitrogens with zero attached hydrogens (tertiary/aromatic N) is 3. The summed E-state index contributed by atoms with van der Waals surface area (Å²) in [6, 6.07) is 5.96. The van der Waals surface area contributed by atoms with Gasteiger partial charge in [-0.15, -0.1) is 22.7 Å². The van der Waals surface area contributed by atoms with E-state index in [-0.39, 0.29) is 5.82 Å². The summed E-state index contributed by atoms with van der Waals surface area (Å²) < 4.78 is 6.29. The van der Waals surface area contributed by atoms with E-state index in [0.717, 1.165) is 38.6 Å². The summed E-state index contributed by atoms with van der Waals surface area (Å²) in [7, 11) is 0. The molecule has 0 aliphatic rings. The third-order valence-electron chi connectivity index (χ3n) is 3.77. The topological polar surface area (TPSA) is 80.8 Å². The number of ether oxygens (including phenoxy) is 1. The zero-order chi connectivity index (χ0) is 18.1. The number of aryl methyl sites for hydroxylation is 1. The van der Waals surface area contributed by atoms with Gasteiger partial charge in [0.05, 0.1) is 28.0 Å². The minimum Gasteiger partial charge on any atom is -0.460 e. The fourth-order valence-electron chi connectivity index (χ4n) is 2.57. The van der Waals surface area contributed by atoms with E-state index in [4.69, 9.17) is 4.74 Å². The first kappa shape index (κ1) is 16.9. The summed E-state index contributed by atoms with van der Waals surface area (Å²) in [5, 5.41) is 2.77. The van der Waals surface area contributed by atoms with Crippen molar-refractivity contribution < 1.29 is 9.53 Å². The normalized spacial score (nSPS) is 11.2. The summed E-state index contributed by atoms with van der Waals surface area (Å²) in [5.41, 5.74) is 6.03. The molecule has 0 saturated heterocycles. The second kappa shape index (κ2) is 6.97. The molecule has 4 aromatic rings. The van der Waals surface area contributed by atoms with Gasteiger partial charge in [-0.1, -0.05) is 13.0 Å². The van der Waals surface area contributed by atoms with Crippen molar-refractivity contribution >= 4 is 38.9 Å². The third kappa shape index (κ3) is 3.13. The van der Waals surface area contributed by atoms with Crippen LogP contribution in [-0.2, 0) is 4.74 Å². The molecule has 0 fully saturated rings. The number of aromatic nitrogens is 4. The molecule has 0 aliphatic heterocycles. The number of hydrogen-bond donors (Lipinski definition) is 1. The predicted octanol–water partition coefficient (Wildman–Crippen LogP) is 4.69. The fourth-order valence-corrected chi connectivity index (χ4v) is 4.08. The minimum absolute atomic E-state index is 0.195. The molecule has 0 bridgehead atoms. The second-order valence-corrected chi connectivity index (χ2v) is 7.52. The number of esters is 1. The Bertz CT molecular complexity index is 1080. The van der Waals surface area contributed by atoms with Crippen molar-refractivity contribution in [2.75, 3.05) is 6.61 Å². The SMILES string of the molecule is CCCOC(=O)c1nc(-c2ccc3ncsc3c2)c(-c2nc(C)cs2)[nH]1. The highest BCUT2D eigenvalue weighted by atomic mass is 32.1. The summed E-state index contributed by atoms with van der Waals surface area (Å²) in [6.45, 7) is 4.26. The zero-order valence-corrected chi connectivity index (χ0v) is 15.9. The van der Waals surface area contributed by atoms with Crippen LogP contribution in [0.5, 0.6) is 0 Å². The zero-order valence-electron chi connectivity index (χ0n) is 14.3. The van der Waals surface area contributed by atoms with E-state index in [2.05, 4.69) is 19.9 Å². The number of hydrogen-bond acceptors (Lipinski definition) is 7. The lowest BCUT2D eigenvalue weighted by Gasteiger charge is -2.00. The van der Waals surface area contributed by atoms with Gasteiger partial charge in [0.2, 0.25) is 5.82 Å². The molecule has 3 heterocycles. The van der Waals surface area contributed by atoms with E-state index in [1.54, 1.807) is 11.3 Å². The van der Waals surface area contributed by atoms with Crippen LogP contribution in [0.4, 0.5) is 0 Å². The van der Waals surface area contributed by atoms with Crippen molar-refractivity contribution in [3.8, 4) is 22.0 Å². The maximum atomic E-state index is 12.3. The van der Waals surface area contributed by atoms with E-state index < -0.39 is 5.97 Å². The number of thiazole rings is 2. The molecule has 1 N–H and O–H groups in total. The molecule has 4 rings (SSSR count). The molecule has 0 amide bonds. The van der Waals surface area contributed by atoms with Crippen LogP contribution < -0.4 is 0 Å². The lowest BCUT2D eigenvalue weighted by molar-refractivity contribution is 0.0492. The Morgan fingerprint density at radius 2 is 2.15 bits per heavy atom. The highest BCUT2D eigenvalue weighted by molar-refractivity contribution is 7.16. The lowest BCUT2D eigenvalue weighted by Crippen LogP contribution is -2.07. The van der Waals surface area contributed by atoms with Crippen molar-refractivity contribution in [2.24, 2.45) is 0 Å². The number of rotatable bonds is 5. The first-order valence-corrected chi connectivity index (χ1v) is 9.95. The van der Waals surface area contributed by atoms with Crippen LogP contribution in [0.2, 0.25) is 0 Å². The number of imidazole rings is 1. The van der Waals surface area contributed by atoms with Gasteiger partial charge < -0.3 is 9.72 Å². The molecule has 0 atom stereocenters. The largest absolute Gasteiger partial charge is 0.460 e. The van der Waals surface area contributed by atoms with Gasteiger partial charge in [0.25, 0.3) is 0 Å². The molecule has 0 aliphatic carbocycles. The van der Waals surface area contributed by atoms with E-state index >= 15 is 0 Å². The van der Waals surface area contributed by atoms with Crippen LogP contribution in [-0.4, -0.2) is 32.5 Å². The Hall–Kier alpha value is -2.58. The second-order valence-electron chi connectivity index (χ2n) is 5.77. The smallest absolute Gasteiger partial charge is 0.374 e. The van der Waals surface area contributed by atoms with Gasteiger partial charge in [-0.25, -0.2) is 19.7 Å². The van der Waals surface area contributed by atoms with Gasteiger partial charge >= 0.3 is 5.97 Å². The molecule has 26 heavy (non-hydrogen) atoms. The van der Waals surface area contributed by atoms with Gasteiger partial charge in [0, 0.05) is 16.6 Å². The molecule has 3 aromatic heterocycles. The number of benzene rings is 1. The highest BCUT2D eigenvalue weighted by Crippen LogP contribution is 2.34. The summed E-state index contributed by atoms with van der Waals surface area (Å²) in [6.07, 6.45) is 0.764. The van der Waals surface area contributed by atoms with Crippen molar-refractivity contribution in [3.63, 3.8) is 0 Å². The number of fused-ring (bicyclic) bond motifs is 1. The maximum absolute atomic E-state index is 12.3. The van der Waals surface area contributed by atoms with Crippen molar-refractivity contribution in [3.05, 3.63) is 40.6 Å². The summed E-state index contributed by atoms with van der Waals surface area (Å²) >= 11 is 3.09. The number of carbonyl (C=O) groups excluding carboxylic acids is 1. The molecular weight excluding hydrogens is 368 g/mol. The number of nitrogens with one attached hydrogen (secondary N) is 1. The van der Waals surface area contributed by atoms with Gasteiger partial charge in [-0.05, 0) is 25.5 Å². The van der Waals surface area contributed by atoms with Gasteiger partial charge in [-0.3, -0.25) is 0 Å². The van der Waals surface area contributed by atoms with Crippen LogP contribution in [0.1, 0.15) is 29.7 Å². The van der Waals surface area contributed by atoms with Crippen molar-refractivity contribution in [1.29, 1.82) is 0 Å². The van der Waals surface area contributed by atoms with Crippen molar-refractivity contribution in [2.45, 2.75) is 20.3 Å². The molecule has 6 nitrogen and oxygen atoms in total. The fraction of sp³-hybridized carbons (Fsp3) is 0.222. The molecule has 0 unspecified atom stereocenters. The van der Waals surface area contributed by atoms with Crippen LogP contribution in [0.15, 0.2) is 29.1 Å². The Morgan fingerprint density at radius 3 is 2.92 bits per heavy atom. The molecule has 1 aromatic carbocycles. The Labute approximate surface area is 157 Å². The monoisotopic (exact) mass is 384 g/mol. The summed E-state index contributed by atoms with van der Waals surface area (Å²) in [5.74, 6) is -0.257. The molecule has 0 radical (unpaired) electrons. The first-order chi connectivity index (χ1) is 12.7. The average molecular weight is 384 g/mol. The number of H-pyrrole nitrogens is 1. The van der Waals surface area contributed by atoms with Gasteiger partial charge in [0.1, 0.15) is 10.7 Å². The van der Waals surface area contributed by atoms with Crippen molar-refractivity contribution in [1.82, 2.24) is 19.9 Å². The van der Waals surface area contributed by atoms with Crippen LogP contribution in [0.3, 0.4) is 0 Å². The standard InChI is InChI=1S/C18H16N4O2S2/c1-3-6-24-18(23)16-21-14(15(22-16)17-20-10(2)8-25-17)11-4-5-12-13(7-11)26-9-19-12/h4-5,7-9H,3,6H2,1-2H3,(H,21,22). The molecular formula is C18H16N4O2S2. The Balaban J connectivity index is 1.82. The highest BCUT2D eigenvalue weighted by Gasteiger charge is 2.21. The first-order valence-electron chi connectivity index (χ1n) is 8.19. The summed E-state index contributed by atoms with van der Waals surface area (Å²) in [4.78, 5) is 28.8. The molecule has 132 valence electrons. The van der Waals surface area contributed by atoms with E-state index in [9.17, 15) is 4.79 Å². The number of carbonyl (C=O) groups is 1. The molecule has 0 spiro atoms. The maximum Gasteiger partial charge on any atom is 0.374 e. The van der Waals surface area contributed by atoms with E-state index in [1.807, 2.05) is 42.9 Å². The quantitative estimate of drug-likeness (QED) is 0.505. The van der Waals surface area contributed by atoms with E-state index in [1.165, 1.54) is 11.3 Å². The lowest BCUT2D eigenvalue weighted by atomic mass is 10.1. The van der Waals surface area contributed by atoms with Gasteiger partial charge in [0.15, 0.2) is 0 Å². The Kier molecular flexibility index (Phi) is 4.52. The Morgan fingerprint density at radius 1 is 1.27 bits per heavy atom. The van der Waals surface area contributed by atoms with Crippen LogP contribution >= 0.6 is 22.7 Å². The van der Waals surface area contributed by atoms with E-state index in [0.29, 0.717) is 12.3 Å². The third-order valence-corrected chi connectivity index (χ3v) is 5.54. The van der Waals surface area contributed by atoms with Gasteiger partial charge in [-0.2, -0.15) is 0 Å². The van der Waals surface area contributed by atoms with Crippen LogP contribution in [0, 0.1) is 6.92 Å². The molecule has 0 saturated carbocycles. The van der Waals surface area contributed by atoms with Crippen LogP contribution in [0.25, 0.3) is 32.2 Å². The average Bonchev–Trinajstić information content (AvgIpc) is 3.37. The minimum atomic E-state index is -0.452.